The maximum atomic E-state index is 12.3. The number of nitrogens with one attached hydrogen (secondary N) is 1. The fourth-order valence-electron chi connectivity index (χ4n) is 2.36. The number of anilines is 1. The molecule has 1 amide bonds. The van der Waals surface area contributed by atoms with Crippen LogP contribution >= 0.6 is 28.6 Å². The van der Waals surface area contributed by atoms with Gasteiger partial charge in [0.15, 0.2) is 0 Å². The van der Waals surface area contributed by atoms with E-state index in [1.165, 1.54) is 6.07 Å². The average Bonchev–Trinajstić information content (AvgIpc) is 2.66. The molecule has 2 rings (SSSR count). The summed E-state index contributed by atoms with van der Waals surface area (Å²) in [4.78, 5) is 23.4. The Labute approximate surface area is 171 Å². The number of esters is 1. The van der Waals surface area contributed by atoms with Crippen LogP contribution in [-0.2, 0) is 14.3 Å². The largest absolute Gasteiger partial charge is 0.508 e. The highest BCUT2D eigenvalue weighted by atomic mass is 79.9. The van der Waals surface area contributed by atoms with Gasteiger partial charge in [-0.05, 0) is 43.2 Å². The maximum Gasteiger partial charge on any atom is 0.412 e. The van der Waals surface area contributed by atoms with E-state index in [2.05, 4.69) is 33.9 Å². The molecule has 2 aromatic carbocycles. The molecule has 0 bridgehead atoms. The van der Waals surface area contributed by atoms with Crippen LogP contribution in [0.4, 0.5) is 10.5 Å². The number of rotatable bonds is 8. The molecule has 0 radical (unpaired) electrons. The summed E-state index contributed by atoms with van der Waals surface area (Å²) in [6.45, 7) is 0.175. The lowest BCUT2D eigenvalue weighted by Gasteiger charge is -2.20. The molecular formula is C19H20BrNO5S. The first-order chi connectivity index (χ1) is 13.0. The van der Waals surface area contributed by atoms with Crippen molar-refractivity contribution in [3.63, 3.8) is 0 Å². The van der Waals surface area contributed by atoms with Crippen molar-refractivity contribution in [3.05, 3.63) is 58.6 Å². The van der Waals surface area contributed by atoms with E-state index in [4.69, 9.17) is 9.47 Å². The van der Waals surface area contributed by atoms with E-state index in [-0.39, 0.29) is 18.1 Å². The lowest BCUT2D eigenvalue weighted by molar-refractivity contribution is -0.140. The SMILES string of the molecule is O=C(CS)OCCC[C@@H](OC(=O)Nc1ccccc1)c1cc(Br)ccc1O. The Balaban J connectivity index is 2.05. The highest BCUT2D eigenvalue weighted by Crippen LogP contribution is 2.33. The third kappa shape index (κ3) is 7.15. The number of para-hydroxylation sites is 1. The average molecular weight is 454 g/mol. The van der Waals surface area contributed by atoms with Crippen LogP contribution in [0.25, 0.3) is 0 Å². The molecule has 0 spiro atoms. The number of amides is 1. The zero-order valence-electron chi connectivity index (χ0n) is 14.4. The van der Waals surface area contributed by atoms with Crippen LogP contribution in [0, 0.1) is 0 Å². The van der Waals surface area contributed by atoms with Crippen molar-refractivity contribution in [1.82, 2.24) is 0 Å². The monoisotopic (exact) mass is 453 g/mol. The normalized spacial score (nSPS) is 11.5. The minimum Gasteiger partial charge on any atom is -0.508 e. The second kappa shape index (κ2) is 10.8. The van der Waals surface area contributed by atoms with Gasteiger partial charge in [0.1, 0.15) is 11.9 Å². The summed E-state index contributed by atoms with van der Waals surface area (Å²) in [5.41, 5.74) is 1.07. The Morgan fingerprint density at radius 3 is 2.63 bits per heavy atom. The Hall–Kier alpha value is -2.19. The van der Waals surface area contributed by atoms with Gasteiger partial charge in [0, 0.05) is 15.7 Å². The molecule has 0 unspecified atom stereocenters. The van der Waals surface area contributed by atoms with Crippen molar-refractivity contribution in [2.45, 2.75) is 18.9 Å². The van der Waals surface area contributed by atoms with Gasteiger partial charge in [-0.1, -0.05) is 34.1 Å². The number of hydrogen-bond acceptors (Lipinski definition) is 6. The molecule has 1 atom stereocenters. The van der Waals surface area contributed by atoms with E-state index in [1.54, 1.807) is 36.4 Å². The smallest absolute Gasteiger partial charge is 0.412 e. The quantitative estimate of drug-likeness (QED) is 0.306. The van der Waals surface area contributed by atoms with Gasteiger partial charge in [-0.3, -0.25) is 10.1 Å². The predicted octanol–water partition coefficient (Wildman–Crippen LogP) is 4.70. The van der Waals surface area contributed by atoms with Crippen LogP contribution in [0.15, 0.2) is 53.0 Å². The first-order valence-electron chi connectivity index (χ1n) is 8.27. The lowest BCUT2D eigenvalue weighted by atomic mass is 10.0. The molecule has 2 N–H and O–H groups in total. The van der Waals surface area contributed by atoms with E-state index in [0.717, 1.165) is 4.47 Å². The highest BCUT2D eigenvalue weighted by molar-refractivity contribution is 9.10. The summed E-state index contributed by atoms with van der Waals surface area (Å²) in [5, 5.41) is 12.8. The third-order valence-electron chi connectivity index (χ3n) is 3.61. The van der Waals surface area contributed by atoms with E-state index in [1.807, 2.05) is 6.07 Å². The van der Waals surface area contributed by atoms with Crippen molar-refractivity contribution in [1.29, 1.82) is 0 Å². The molecule has 0 saturated carbocycles. The second-order valence-corrected chi connectivity index (χ2v) is 6.84. The van der Waals surface area contributed by atoms with Crippen molar-refractivity contribution in [2.24, 2.45) is 0 Å². The number of ether oxygens (including phenoxy) is 2. The fraction of sp³-hybridized carbons (Fsp3) is 0.263. The highest BCUT2D eigenvalue weighted by Gasteiger charge is 2.21. The molecule has 27 heavy (non-hydrogen) atoms. The van der Waals surface area contributed by atoms with Crippen molar-refractivity contribution >= 4 is 46.3 Å². The number of phenolic OH excluding ortho intramolecular Hbond substituents is 1. The Kier molecular flexibility index (Phi) is 8.47. The fourth-order valence-corrected chi connectivity index (χ4v) is 2.83. The third-order valence-corrected chi connectivity index (χ3v) is 4.36. The molecule has 2 aromatic rings. The number of benzene rings is 2. The molecular weight excluding hydrogens is 434 g/mol. The van der Waals surface area contributed by atoms with Crippen LogP contribution in [0.3, 0.4) is 0 Å². The summed E-state index contributed by atoms with van der Waals surface area (Å²) < 4.78 is 11.3. The number of phenols is 1. The predicted molar refractivity (Wildman–Crippen MR) is 109 cm³/mol. The van der Waals surface area contributed by atoms with E-state index in [0.29, 0.717) is 24.1 Å². The van der Waals surface area contributed by atoms with E-state index >= 15 is 0 Å². The molecule has 0 saturated heterocycles. The second-order valence-electron chi connectivity index (χ2n) is 5.61. The molecule has 0 aliphatic rings. The van der Waals surface area contributed by atoms with Crippen LogP contribution in [0.2, 0.25) is 0 Å². The Morgan fingerprint density at radius 2 is 1.93 bits per heavy atom. The Bertz CT molecular complexity index is 772. The number of carbonyl (C=O) groups is 2. The van der Waals surface area contributed by atoms with Crippen LogP contribution < -0.4 is 5.32 Å². The molecule has 0 fully saturated rings. The lowest BCUT2D eigenvalue weighted by Crippen LogP contribution is -2.18. The van der Waals surface area contributed by atoms with Crippen molar-refractivity contribution in [3.8, 4) is 5.75 Å². The van der Waals surface area contributed by atoms with Crippen LogP contribution in [0.5, 0.6) is 5.75 Å². The number of thiol groups is 1. The number of carbonyl (C=O) groups excluding carboxylic acids is 2. The van der Waals surface area contributed by atoms with Gasteiger partial charge < -0.3 is 14.6 Å². The van der Waals surface area contributed by atoms with Crippen molar-refractivity contribution in [2.75, 3.05) is 17.7 Å². The topological polar surface area (TPSA) is 84.9 Å². The number of hydrogen-bond donors (Lipinski definition) is 3. The number of halogens is 1. The first kappa shape index (κ1) is 21.1. The standard InChI is InChI=1S/C19H20BrNO5S/c20-13-8-9-16(22)15(11-13)17(7-4-10-25-18(23)12-27)26-19(24)21-14-5-2-1-3-6-14/h1-3,5-6,8-9,11,17,22,27H,4,7,10,12H2,(H,21,24)/t17-/m1/s1. The summed E-state index contributed by atoms with van der Waals surface area (Å²) in [7, 11) is 0. The van der Waals surface area contributed by atoms with Gasteiger partial charge in [-0.2, -0.15) is 12.6 Å². The van der Waals surface area contributed by atoms with Gasteiger partial charge in [0.2, 0.25) is 0 Å². The summed E-state index contributed by atoms with van der Waals surface area (Å²) in [6, 6.07) is 13.8. The van der Waals surface area contributed by atoms with E-state index in [9.17, 15) is 14.7 Å². The van der Waals surface area contributed by atoms with Crippen LogP contribution in [-0.4, -0.2) is 29.5 Å². The van der Waals surface area contributed by atoms with Crippen LogP contribution in [0.1, 0.15) is 24.5 Å². The minimum atomic E-state index is -0.707. The van der Waals surface area contributed by atoms with Gasteiger partial charge in [-0.25, -0.2) is 4.79 Å². The van der Waals surface area contributed by atoms with E-state index < -0.39 is 18.2 Å². The molecule has 8 heteroatoms. The molecule has 0 aromatic heterocycles. The number of aromatic hydroxyl groups is 1. The maximum absolute atomic E-state index is 12.3. The minimum absolute atomic E-state index is 0.00578. The molecule has 144 valence electrons. The molecule has 0 heterocycles. The molecule has 0 aliphatic carbocycles. The van der Waals surface area contributed by atoms with Gasteiger partial charge in [0.25, 0.3) is 0 Å². The van der Waals surface area contributed by atoms with Gasteiger partial charge in [0.05, 0.1) is 12.4 Å². The Morgan fingerprint density at radius 1 is 1.19 bits per heavy atom. The van der Waals surface area contributed by atoms with Crippen molar-refractivity contribution < 1.29 is 24.2 Å². The van der Waals surface area contributed by atoms with Gasteiger partial charge >= 0.3 is 12.1 Å². The zero-order chi connectivity index (χ0) is 19.6. The first-order valence-corrected chi connectivity index (χ1v) is 9.69. The zero-order valence-corrected chi connectivity index (χ0v) is 16.9. The summed E-state index contributed by atoms with van der Waals surface area (Å²) in [5.74, 6) is -0.391. The molecule has 0 aliphatic heterocycles. The summed E-state index contributed by atoms with van der Waals surface area (Å²) >= 11 is 7.19. The summed E-state index contributed by atoms with van der Waals surface area (Å²) in [6.07, 6.45) is -0.528. The molecule has 6 nitrogen and oxygen atoms in total. The van der Waals surface area contributed by atoms with Gasteiger partial charge in [-0.15, -0.1) is 0 Å².